The predicted molar refractivity (Wildman–Crippen MR) is 95.8 cm³/mol. The van der Waals surface area contributed by atoms with Gasteiger partial charge in [0, 0.05) is 13.0 Å². The third-order valence-electron chi connectivity index (χ3n) is 3.35. The molecule has 126 valence electrons. The van der Waals surface area contributed by atoms with Crippen LogP contribution in [0.3, 0.4) is 0 Å². The molecular weight excluding hydrogens is 316 g/mol. The number of hydrogen-bond acceptors (Lipinski definition) is 4. The summed E-state index contributed by atoms with van der Waals surface area (Å²) in [4.78, 5) is 15.1. The zero-order valence-corrected chi connectivity index (χ0v) is 13.8. The Kier molecular flexibility index (Phi) is 5.26. The van der Waals surface area contributed by atoms with Gasteiger partial charge in [0.05, 0.1) is 11.9 Å². The number of benzene rings is 2. The summed E-state index contributed by atoms with van der Waals surface area (Å²) in [5, 5.41) is 2.66. The van der Waals surface area contributed by atoms with Gasteiger partial charge >= 0.3 is 0 Å². The fourth-order valence-electron chi connectivity index (χ4n) is 2.18. The molecule has 0 aliphatic rings. The lowest BCUT2D eigenvalue weighted by molar-refractivity contribution is -0.114. The first-order chi connectivity index (χ1) is 12.2. The second-order valence-electron chi connectivity index (χ2n) is 5.41. The van der Waals surface area contributed by atoms with Crippen LogP contribution in [0.15, 0.2) is 72.9 Å². The quantitative estimate of drug-likeness (QED) is 0.725. The number of anilines is 1. The summed E-state index contributed by atoms with van der Waals surface area (Å²) in [6.45, 7) is 1.97. The van der Waals surface area contributed by atoms with Crippen LogP contribution in [0.1, 0.15) is 12.5 Å². The molecule has 5 nitrogen and oxygen atoms in total. The molecule has 1 aromatic heterocycles. The van der Waals surface area contributed by atoms with E-state index in [1.807, 2.05) is 54.6 Å². The Hall–Kier alpha value is -3.34. The SMILES string of the molecule is CC(=O)Nc1ccc(Oc2ccc(OCc3ccccc3)cc2)nc1. The number of hydrogen-bond donors (Lipinski definition) is 1. The molecule has 0 aliphatic carbocycles. The molecule has 0 unspecified atom stereocenters. The number of nitrogens with zero attached hydrogens (tertiary/aromatic N) is 1. The van der Waals surface area contributed by atoms with Gasteiger partial charge in [-0.25, -0.2) is 4.98 Å². The van der Waals surface area contributed by atoms with E-state index in [1.54, 1.807) is 18.3 Å². The summed E-state index contributed by atoms with van der Waals surface area (Å²) in [5.41, 5.74) is 1.75. The summed E-state index contributed by atoms with van der Waals surface area (Å²) < 4.78 is 11.4. The van der Waals surface area contributed by atoms with Gasteiger partial charge < -0.3 is 14.8 Å². The number of carbonyl (C=O) groups excluding carboxylic acids is 1. The maximum atomic E-state index is 11.0. The topological polar surface area (TPSA) is 60.5 Å². The molecule has 0 spiro atoms. The van der Waals surface area contributed by atoms with Crippen LogP contribution in [0.4, 0.5) is 5.69 Å². The molecule has 0 aliphatic heterocycles. The van der Waals surface area contributed by atoms with Crippen molar-refractivity contribution in [3.8, 4) is 17.4 Å². The number of nitrogens with one attached hydrogen (secondary N) is 1. The molecule has 3 rings (SSSR count). The highest BCUT2D eigenvalue weighted by Gasteiger charge is 2.02. The first-order valence-corrected chi connectivity index (χ1v) is 7.87. The van der Waals surface area contributed by atoms with E-state index in [9.17, 15) is 4.79 Å². The van der Waals surface area contributed by atoms with Gasteiger partial charge in [-0.3, -0.25) is 4.79 Å². The Bertz CT molecular complexity index is 816. The van der Waals surface area contributed by atoms with Gasteiger partial charge in [-0.15, -0.1) is 0 Å². The molecule has 1 amide bonds. The van der Waals surface area contributed by atoms with Crippen LogP contribution in [-0.4, -0.2) is 10.9 Å². The fourth-order valence-corrected chi connectivity index (χ4v) is 2.18. The van der Waals surface area contributed by atoms with Crippen molar-refractivity contribution >= 4 is 11.6 Å². The van der Waals surface area contributed by atoms with Crippen molar-refractivity contribution < 1.29 is 14.3 Å². The van der Waals surface area contributed by atoms with Gasteiger partial charge in [0.1, 0.15) is 18.1 Å². The van der Waals surface area contributed by atoms with Gasteiger partial charge in [-0.05, 0) is 35.9 Å². The third-order valence-corrected chi connectivity index (χ3v) is 3.35. The number of ether oxygens (including phenoxy) is 2. The molecule has 3 aromatic rings. The first kappa shape index (κ1) is 16.5. The van der Waals surface area contributed by atoms with Gasteiger partial charge in [-0.2, -0.15) is 0 Å². The summed E-state index contributed by atoms with van der Waals surface area (Å²) >= 11 is 0. The molecular formula is C20H18N2O3. The van der Waals surface area contributed by atoms with Gasteiger partial charge in [-0.1, -0.05) is 30.3 Å². The monoisotopic (exact) mass is 334 g/mol. The largest absolute Gasteiger partial charge is 0.489 e. The van der Waals surface area contributed by atoms with E-state index in [0.717, 1.165) is 11.3 Å². The van der Waals surface area contributed by atoms with Crippen molar-refractivity contribution in [1.82, 2.24) is 4.98 Å². The Morgan fingerprint density at radius 3 is 2.32 bits per heavy atom. The predicted octanol–water partition coefficient (Wildman–Crippen LogP) is 4.41. The van der Waals surface area contributed by atoms with Crippen molar-refractivity contribution in [3.05, 3.63) is 78.5 Å². The molecule has 25 heavy (non-hydrogen) atoms. The van der Waals surface area contributed by atoms with Crippen molar-refractivity contribution in [1.29, 1.82) is 0 Å². The van der Waals surface area contributed by atoms with E-state index in [4.69, 9.17) is 9.47 Å². The highest BCUT2D eigenvalue weighted by Crippen LogP contribution is 2.23. The van der Waals surface area contributed by atoms with E-state index in [2.05, 4.69) is 10.3 Å². The van der Waals surface area contributed by atoms with Crippen molar-refractivity contribution in [3.63, 3.8) is 0 Å². The average Bonchev–Trinajstić information content (AvgIpc) is 2.63. The Balaban J connectivity index is 1.56. The van der Waals surface area contributed by atoms with Gasteiger partial charge in [0.15, 0.2) is 0 Å². The molecule has 0 saturated heterocycles. The second-order valence-corrected chi connectivity index (χ2v) is 5.41. The molecule has 5 heteroatoms. The molecule has 0 atom stereocenters. The molecule has 0 saturated carbocycles. The van der Waals surface area contributed by atoms with Crippen LogP contribution in [0.2, 0.25) is 0 Å². The van der Waals surface area contributed by atoms with Crippen molar-refractivity contribution in [2.24, 2.45) is 0 Å². The van der Waals surface area contributed by atoms with Crippen LogP contribution in [0, 0.1) is 0 Å². The highest BCUT2D eigenvalue weighted by atomic mass is 16.5. The Morgan fingerprint density at radius 2 is 1.68 bits per heavy atom. The van der Waals surface area contributed by atoms with E-state index < -0.39 is 0 Å². The molecule has 0 fully saturated rings. The Labute approximate surface area is 146 Å². The summed E-state index contributed by atoms with van der Waals surface area (Å²) in [6, 6.07) is 20.8. The molecule has 0 bridgehead atoms. The van der Waals surface area contributed by atoms with Gasteiger partial charge in [0.25, 0.3) is 0 Å². The zero-order valence-electron chi connectivity index (χ0n) is 13.8. The van der Waals surface area contributed by atoms with Crippen LogP contribution < -0.4 is 14.8 Å². The number of aromatic nitrogens is 1. The normalized spacial score (nSPS) is 10.1. The number of amides is 1. The van der Waals surface area contributed by atoms with E-state index >= 15 is 0 Å². The summed E-state index contributed by atoms with van der Waals surface area (Å²) in [7, 11) is 0. The van der Waals surface area contributed by atoms with E-state index in [-0.39, 0.29) is 5.91 Å². The maximum Gasteiger partial charge on any atom is 0.221 e. The lowest BCUT2D eigenvalue weighted by Crippen LogP contribution is -2.05. The zero-order chi connectivity index (χ0) is 17.5. The van der Waals surface area contributed by atoms with E-state index in [0.29, 0.717) is 23.9 Å². The maximum absolute atomic E-state index is 11.0. The summed E-state index contributed by atoms with van der Waals surface area (Å²) in [5.74, 6) is 1.74. The van der Waals surface area contributed by atoms with Crippen LogP contribution in [-0.2, 0) is 11.4 Å². The van der Waals surface area contributed by atoms with Gasteiger partial charge in [0.2, 0.25) is 11.8 Å². The van der Waals surface area contributed by atoms with Crippen LogP contribution in [0.25, 0.3) is 0 Å². The average molecular weight is 334 g/mol. The smallest absolute Gasteiger partial charge is 0.221 e. The minimum atomic E-state index is -0.137. The minimum Gasteiger partial charge on any atom is -0.489 e. The lowest BCUT2D eigenvalue weighted by atomic mass is 10.2. The van der Waals surface area contributed by atoms with Crippen molar-refractivity contribution in [2.45, 2.75) is 13.5 Å². The lowest BCUT2D eigenvalue weighted by Gasteiger charge is -2.08. The minimum absolute atomic E-state index is 0.137. The number of pyridine rings is 1. The number of rotatable bonds is 6. The third kappa shape index (κ3) is 5.07. The molecule has 1 N–H and O–H groups in total. The Morgan fingerprint density at radius 1 is 0.960 bits per heavy atom. The highest BCUT2D eigenvalue weighted by molar-refractivity contribution is 5.88. The van der Waals surface area contributed by atoms with E-state index in [1.165, 1.54) is 6.92 Å². The fraction of sp³-hybridized carbons (Fsp3) is 0.100. The van der Waals surface area contributed by atoms with Crippen LogP contribution >= 0.6 is 0 Å². The summed E-state index contributed by atoms with van der Waals surface area (Å²) in [6.07, 6.45) is 1.55. The second kappa shape index (κ2) is 7.97. The standard InChI is InChI=1S/C20H18N2O3/c1-15(23)22-17-7-12-20(21-13-17)25-19-10-8-18(9-11-19)24-14-16-5-3-2-4-6-16/h2-13H,14H2,1H3,(H,22,23). The molecule has 0 radical (unpaired) electrons. The first-order valence-electron chi connectivity index (χ1n) is 7.87. The molecule has 1 heterocycles. The molecule has 2 aromatic carbocycles. The van der Waals surface area contributed by atoms with Crippen molar-refractivity contribution in [2.75, 3.05) is 5.32 Å². The van der Waals surface area contributed by atoms with Crippen LogP contribution in [0.5, 0.6) is 17.4 Å². The number of carbonyl (C=O) groups is 1.